The van der Waals surface area contributed by atoms with Crippen LogP contribution in [0.15, 0.2) is 28.1 Å². The van der Waals surface area contributed by atoms with Gasteiger partial charge in [0.05, 0.1) is 30.8 Å². The lowest BCUT2D eigenvalue weighted by molar-refractivity contribution is -0.136. The van der Waals surface area contributed by atoms with Crippen LogP contribution in [0, 0.1) is 0 Å². The molecule has 0 aliphatic carbocycles. The Kier molecular flexibility index (Phi) is 6.54. The van der Waals surface area contributed by atoms with Crippen LogP contribution in [0.5, 0.6) is 11.5 Å². The summed E-state index contributed by atoms with van der Waals surface area (Å²) in [6.07, 6.45) is 2.79. The molecule has 9 heteroatoms. The molecule has 0 spiro atoms. The van der Waals surface area contributed by atoms with E-state index >= 15 is 0 Å². The molecule has 1 amide bonds. The van der Waals surface area contributed by atoms with Crippen molar-refractivity contribution in [1.29, 1.82) is 0 Å². The number of aromatic nitrogens is 1. The maximum absolute atomic E-state index is 12.0. The molecule has 25 heavy (non-hydrogen) atoms. The zero-order valence-electron chi connectivity index (χ0n) is 13.4. The van der Waals surface area contributed by atoms with Gasteiger partial charge in [-0.1, -0.05) is 0 Å². The maximum atomic E-state index is 12.0. The van der Waals surface area contributed by atoms with Crippen molar-refractivity contribution in [3.8, 4) is 11.5 Å². The Morgan fingerprint density at radius 2 is 2.12 bits per heavy atom. The minimum atomic E-state index is -0.970. The van der Waals surface area contributed by atoms with Crippen LogP contribution in [0.2, 0.25) is 0 Å². The molecular formula is C16H15BrN2O5S. The molecule has 7 nitrogen and oxygen atoms in total. The van der Waals surface area contributed by atoms with Crippen LogP contribution in [0.4, 0.5) is 5.13 Å². The molecule has 0 aliphatic heterocycles. The van der Waals surface area contributed by atoms with Crippen LogP contribution in [-0.2, 0) is 16.0 Å². The number of nitrogens with zero attached hydrogens (tertiary/aromatic N) is 1. The first-order valence-electron chi connectivity index (χ1n) is 6.99. The minimum absolute atomic E-state index is 0.179. The van der Waals surface area contributed by atoms with Crippen molar-refractivity contribution in [3.05, 3.63) is 39.3 Å². The number of aliphatic carboxylic acids is 1. The van der Waals surface area contributed by atoms with E-state index in [4.69, 9.17) is 14.6 Å². The van der Waals surface area contributed by atoms with Gasteiger partial charge in [-0.15, -0.1) is 11.3 Å². The molecule has 0 radical (unpaired) electrons. The monoisotopic (exact) mass is 426 g/mol. The molecular weight excluding hydrogens is 412 g/mol. The number of carbonyl (C=O) groups excluding carboxylic acids is 1. The second kappa shape index (κ2) is 8.63. The van der Waals surface area contributed by atoms with Crippen LogP contribution in [0.25, 0.3) is 6.08 Å². The van der Waals surface area contributed by atoms with Crippen molar-refractivity contribution < 1.29 is 24.2 Å². The number of benzene rings is 1. The molecule has 2 rings (SSSR count). The molecule has 1 aromatic heterocycles. The Morgan fingerprint density at radius 1 is 1.36 bits per heavy atom. The number of rotatable bonds is 7. The van der Waals surface area contributed by atoms with Gasteiger partial charge in [-0.05, 0) is 39.7 Å². The molecule has 0 unspecified atom stereocenters. The molecule has 2 N–H and O–H groups in total. The Hall–Kier alpha value is -2.39. The van der Waals surface area contributed by atoms with Crippen molar-refractivity contribution in [2.45, 2.75) is 6.42 Å². The summed E-state index contributed by atoms with van der Waals surface area (Å²) in [4.78, 5) is 26.6. The van der Waals surface area contributed by atoms with Gasteiger partial charge in [0.2, 0.25) is 5.91 Å². The SMILES string of the molecule is COc1cc(/C=C/C(=O)Nc2nc(CC(=O)O)cs2)cc(Br)c1OC. The number of thiazole rings is 1. The number of halogens is 1. The lowest BCUT2D eigenvalue weighted by Gasteiger charge is -2.10. The van der Waals surface area contributed by atoms with E-state index in [1.807, 2.05) is 0 Å². The summed E-state index contributed by atoms with van der Waals surface area (Å²) in [6, 6.07) is 3.53. The van der Waals surface area contributed by atoms with Crippen LogP contribution >= 0.6 is 27.3 Å². The lowest BCUT2D eigenvalue weighted by atomic mass is 10.2. The van der Waals surface area contributed by atoms with Crippen LogP contribution in [0.1, 0.15) is 11.3 Å². The summed E-state index contributed by atoms with van der Waals surface area (Å²) in [7, 11) is 3.07. The number of anilines is 1. The zero-order valence-corrected chi connectivity index (χ0v) is 15.8. The molecule has 0 aliphatic rings. The van der Waals surface area contributed by atoms with E-state index in [0.717, 1.165) is 5.56 Å². The van der Waals surface area contributed by atoms with Crippen LogP contribution < -0.4 is 14.8 Å². The number of methoxy groups -OCH3 is 2. The summed E-state index contributed by atoms with van der Waals surface area (Å²) in [5.74, 6) is -0.239. The zero-order chi connectivity index (χ0) is 18.4. The second-order valence-electron chi connectivity index (χ2n) is 4.78. The van der Waals surface area contributed by atoms with Gasteiger partial charge in [0.1, 0.15) is 0 Å². The number of ether oxygens (including phenoxy) is 2. The Morgan fingerprint density at radius 3 is 2.76 bits per heavy atom. The first-order chi connectivity index (χ1) is 11.9. The second-order valence-corrected chi connectivity index (χ2v) is 6.49. The summed E-state index contributed by atoms with van der Waals surface area (Å²) >= 11 is 4.56. The average molecular weight is 427 g/mol. The highest BCUT2D eigenvalue weighted by molar-refractivity contribution is 9.10. The minimum Gasteiger partial charge on any atom is -0.493 e. The van der Waals surface area contributed by atoms with Crippen LogP contribution in [-0.4, -0.2) is 36.2 Å². The van der Waals surface area contributed by atoms with E-state index in [2.05, 4.69) is 26.2 Å². The van der Waals surface area contributed by atoms with E-state index in [-0.39, 0.29) is 12.3 Å². The van der Waals surface area contributed by atoms with Crippen molar-refractivity contribution in [2.75, 3.05) is 19.5 Å². The molecule has 2 aromatic rings. The van der Waals surface area contributed by atoms with Gasteiger partial charge in [-0.25, -0.2) is 4.98 Å². The Bertz CT molecular complexity index is 819. The first-order valence-corrected chi connectivity index (χ1v) is 8.67. The van der Waals surface area contributed by atoms with Gasteiger partial charge in [0.25, 0.3) is 0 Å². The van der Waals surface area contributed by atoms with Gasteiger partial charge >= 0.3 is 5.97 Å². The quantitative estimate of drug-likeness (QED) is 0.659. The van der Waals surface area contributed by atoms with E-state index in [1.165, 1.54) is 31.6 Å². The van der Waals surface area contributed by atoms with E-state index in [9.17, 15) is 9.59 Å². The first kappa shape index (κ1) is 18.9. The average Bonchev–Trinajstić information content (AvgIpc) is 2.98. The molecule has 1 aromatic carbocycles. The van der Waals surface area contributed by atoms with Gasteiger partial charge in [-0.3, -0.25) is 14.9 Å². The highest BCUT2D eigenvalue weighted by Crippen LogP contribution is 2.36. The fourth-order valence-electron chi connectivity index (χ4n) is 1.95. The third-order valence-electron chi connectivity index (χ3n) is 3.00. The number of carbonyl (C=O) groups is 2. The van der Waals surface area contributed by atoms with Gasteiger partial charge in [0, 0.05) is 11.5 Å². The third kappa shape index (κ3) is 5.30. The summed E-state index contributed by atoms with van der Waals surface area (Å²) < 4.78 is 11.2. The Labute approximate surface area is 156 Å². The standard InChI is InChI=1S/C16H15BrN2O5S/c1-23-12-6-9(5-11(17)15(12)24-2)3-4-13(20)19-16-18-10(8-25-16)7-14(21)22/h3-6,8H,7H2,1-2H3,(H,21,22)(H,18,19,20)/b4-3+. The lowest BCUT2D eigenvalue weighted by Crippen LogP contribution is -2.08. The topological polar surface area (TPSA) is 97.8 Å². The third-order valence-corrected chi connectivity index (χ3v) is 4.39. The predicted octanol–water partition coefficient (Wildman–Crippen LogP) is 3.20. The fraction of sp³-hybridized carbons (Fsp3) is 0.188. The summed E-state index contributed by atoms with van der Waals surface area (Å²) in [5, 5.41) is 13.2. The largest absolute Gasteiger partial charge is 0.493 e. The van der Waals surface area contributed by atoms with E-state index < -0.39 is 5.97 Å². The van der Waals surface area contributed by atoms with E-state index in [0.29, 0.717) is 26.8 Å². The maximum Gasteiger partial charge on any atom is 0.309 e. The number of nitrogens with one attached hydrogen (secondary N) is 1. The van der Waals surface area contributed by atoms with Crippen molar-refractivity contribution >= 4 is 50.4 Å². The fourth-order valence-corrected chi connectivity index (χ4v) is 3.29. The normalized spacial score (nSPS) is 10.7. The van der Waals surface area contributed by atoms with E-state index in [1.54, 1.807) is 23.6 Å². The van der Waals surface area contributed by atoms with Crippen molar-refractivity contribution in [1.82, 2.24) is 4.98 Å². The predicted molar refractivity (Wildman–Crippen MR) is 98.4 cm³/mol. The van der Waals surface area contributed by atoms with Gasteiger partial charge in [-0.2, -0.15) is 0 Å². The number of carboxylic acids is 1. The number of amides is 1. The highest BCUT2D eigenvalue weighted by atomic mass is 79.9. The molecule has 0 saturated heterocycles. The molecule has 1 heterocycles. The summed E-state index contributed by atoms with van der Waals surface area (Å²) in [5.41, 5.74) is 1.14. The molecule has 0 atom stereocenters. The van der Waals surface area contributed by atoms with Crippen LogP contribution in [0.3, 0.4) is 0 Å². The van der Waals surface area contributed by atoms with Gasteiger partial charge < -0.3 is 14.6 Å². The number of hydrogen-bond donors (Lipinski definition) is 2. The number of carboxylic acid groups (broad SMARTS) is 1. The molecule has 0 fully saturated rings. The summed E-state index contributed by atoms with van der Waals surface area (Å²) in [6.45, 7) is 0. The molecule has 0 bridgehead atoms. The highest BCUT2D eigenvalue weighted by Gasteiger charge is 2.10. The van der Waals surface area contributed by atoms with Crippen molar-refractivity contribution in [3.63, 3.8) is 0 Å². The van der Waals surface area contributed by atoms with Crippen molar-refractivity contribution in [2.24, 2.45) is 0 Å². The Balaban J connectivity index is 2.06. The number of hydrogen-bond acceptors (Lipinski definition) is 6. The van der Waals surface area contributed by atoms with Gasteiger partial charge in [0.15, 0.2) is 16.6 Å². The smallest absolute Gasteiger partial charge is 0.309 e. The molecule has 132 valence electrons. The molecule has 0 saturated carbocycles.